The van der Waals surface area contributed by atoms with Crippen molar-refractivity contribution >= 4 is 21.8 Å². The second-order valence-electron chi connectivity index (χ2n) is 9.91. The Morgan fingerprint density at radius 1 is 0.771 bits per heavy atom. The lowest BCUT2D eigenvalue weighted by molar-refractivity contribution is 0.282. The number of hydrogen-bond acceptors (Lipinski definition) is 3. The van der Waals surface area contributed by atoms with E-state index in [4.69, 9.17) is 14.5 Å². The molecule has 5 aromatic rings. The molecule has 0 atom stereocenters. The van der Waals surface area contributed by atoms with Crippen LogP contribution in [0.2, 0.25) is 0 Å². The molecule has 0 aliphatic carbocycles. The van der Waals surface area contributed by atoms with Crippen LogP contribution < -0.4 is 9.47 Å². The number of hydrogen-bond donors (Lipinski definition) is 0. The fourth-order valence-corrected chi connectivity index (χ4v) is 4.41. The first-order chi connectivity index (χ1) is 17.0. The van der Waals surface area contributed by atoms with E-state index in [-0.39, 0.29) is 5.41 Å². The predicted molar refractivity (Wildman–Crippen MR) is 143 cm³/mol. The molecule has 1 aromatic heterocycles. The molecule has 0 aliphatic heterocycles. The Hall–Kier alpha value is -3.79. The number of para-hydroxylation sites is 2. The van der Waals surface area contributed by atoms with Crippen molar-refractivity contribution in [3.63, 3.8) is 0 Å². The highest BCUT2D eigenvalue weighted by atomic mass is 16.5. The Bertz CT molecular complexity index is 1420. The Morgan fingerprint density at radius 3 is 2.34 bits per heavy atom. The van der Waals surface area contributed by atoms with Crippen molar-refractivity contribution in [3.05, 3.63) is 102 Å². The molecule has 0 unspecified atom stereocenters. The van der Waals surface area contributed by atoms with Gasteiger partial charge in [-0.3, -0.25) is 0 Å². The topological polar surface area (TPSA) is 36.3 Å². The van der Waals surface area contributed by atoms with Gasteiger partial charge >= 0.3 is 0 Å². The van der Waals surface area contributed by atoms with Gasteiger partial charge in [-0.15, -0.1) is 0 Å². The summed E-state index contributed by atoms with van der Waals surface area (Å²) in [5, 5.41) is 2.29. The van der Waals surface area contributed by atoms with Crippen molar-refractivity contribution in [1.29, 1.82) is 0 Å². The lowest BCUT2D eigenvalue weighted by atomic mass is 9.87. The summed E-state index contributed by atoms with van der Waals surface area (Å²) >= 11 is 0. The maximum atomic E-state index is 6.28. The third-order valence-corrected chi connectivity index (χ3v) is 6.36. The fourth-order valence-electron chi connectivity index (χ4n) is 4.41. The number of nitrogens with zero attached hydrogens (tertiary/aromatic N) is 2. The monoisotopic (exact) mass is 464 g/mol. The van der Waals surface area contributed by atoms with Crippen molar-refractivity contribution in [3.8, 4) is 11.5 Å². The number of rotatable bonds is 8. The number of aromatic nitrogens is 2. The summed E-state index contributed by atoms with van der Waals surface area (Å²) in [6, 6.07) is 31.2. The number of aryl methyl sites for hydroxylation is 1. The molecule has 0 saturated heterocycles. The molecule has 0 fully saturated rings. The van der Waals surface area contributed by atoms with Crippen molar-refractivity contribution in [2.45, 2.75) is 45.8 Å². The molecule has 0 N–H and O–H groups in total. The molecule has 178 valence electrons. The van der Waals surface area contributed by atoms with E-state index in [0.29, 0.717) is 13.2 Å². The highest BCUT2D eigenvalue weighted by Crippen LogP contribution is 2.27. The highest BCUT2D eigenvalue weighted by Gasteiger charge is 2.14. The first kappa shape index (κ1) is 23.0. The summed E-state index contributed by atoms with van der Waals surface area (Å²) in [6.07, 6.45) is 0.878. The van der Waals surface area contributed by atoms with Gasteiger partial charge in [0, 0.05) is 11.9 Å². The molecule has 5 rings (SSSR count). The minimum Gasteiger partial charge on any atom is -0.494 e. The van der Waals surface area contributed by atoms with Crippen LogP contribution in [0.1, 0.15) is 38.6 Å². The molecule has 0 spiro atoms. The van der Waals surface area contributed by atoms with E-state index in [1.165, 1.54) is 10.9 Å². The summed E-state index contributed by atoms with van der Waals surface area (Å²) in [6.45, 7) is 8.54. The number of imidazole rings is 1. The molecule has 0 aliphatic rings. The van der Waals surface area contributed by atoms with Crippen LogP contribution in [0, 0.1) is 0 Å². The van der Waals surface area contributed by atoms with E-state index in [1.54, 1.807) is 0 Å². The fraction of sp³-hybridized carbons (Fsp3) is 0.258. The average Bonchev–Trinajstić information content (AvgIpc) is 3.22. The summed E-state index contributed by atoms with van der Waals surface area (Å²) < 4.78 is 14.6. The zero-order valence-electron chi connectivity index (χ0n) is 20.7. The third-order valence-electron chi connectivity index (χ3n) is 6.36. The number of fused-ring (bicyclic) bond motifs is 2. The van der Waals surface area contributed by atoms with E-state index in [1.807, 2.05) is 30.3 Å². The smallest absolute Gasteiger partial charge is 0.148 e. The molecular weight excluding hydrogens is 432 g/mol. The standard InChI is InChI=1S/C31H32N2O2/c1-31(2,3)24-16-18-25(19-17-24)34-21-9-20-33-28-14-7-6-13-27(28)32-30(33)22-35-29-15-8-11-23-10-4-5-12-26(23)29/h4-8,10-19H,9,20-22H2,1-3H3. The predicted octanol–water partition coefficient (Wildman–Crippen LogP) is 7.54. The second kappa shape index (κ2) is 9.83. The van der Waals surface area contributed by atoms with Crippen LogP contribution in [-0.4, -0.2) is 16.2 Å². The first-order valence-corrected chi connectivity index (χ1v) is 12.3. The normalized spacial score (nSPS) is 11.7. The summed E-state index contributed by atoms with van der Waals surface area (Å²) in [4.78, 5) is 4.87. The van der Waals surface area contributed by atoms with Crippen LogP contribution >= 0.6 is 0 Å². The molecular formula is C31H32N2O2. The summed E-state index contributed by atoms with van der Waals surface area (Å²) in [7, 11) is 0. The molecule has 0 bridgehead atoms. The Labute approximate surface area is 207 Å². The quantitative estimate of drug-likeness (QED) is 0.223. The van der Waals surface area contributed by atoms with Crippen LogP contribution in [-0.2, 0) is 18.6 Å². The van der Waals surface area contributed by atoms with Gasteiger partial charge in [-0.1, -0.05) is 81.4 Å². The van der Waals surface area contributed by atoms with Crippen LogP contribution in [0.5, 0.6) is 11.5 Å². The van der Waals surface area contributed by atoms with Gasteiger partial charge in [-0.25, -0.2) is 4.98 Å². The Kier molecular flexibility index (Phi) is 6.45. The largest absolute Gasteiger partial charge is 0.494 e. The van der Waals surface area contributed by atoms with Crippen LogP contribution in [0.4, 0.5) is 0 Å². The minimum atomic E-state index is 0.144. The number of benzene rings is 4. The third kappa shape index (κ3) is 5.17. The van der Waals surface area contributed by atoms with Crippen LogP contribution in [0.15, 0.2) is 91.0 Å². The zero-order chi connectivity index (χ0) is 24.3. The van der Waals surface area contributed by atoms with Crippen molar-refractivity contribution in [1.82, 2.24) is 9.55 Å². The van der Waals surface area contributed by atoms with Crippen molar-refractivity contribution < 1.29 is 9.47 Å². The summed E-state index contributed by atoms with van der Waals surface area (Å²) in [5.41, 5.74) is 3.57. The molecule has 35 heavy (non-hydrogen) atoms. The summed E-state index contributed by atoms with van der Waals surface area (Å²) in [5.74, 6) is 2.71. The SMILES string of the molecule is CC(C)(C)c1ccc(OCCCn2c(COc3cccc4ccccc34)nc3ccccc32)cc1. The molecule has 1 heterocycles. The maximum absolute atomic E-state index is 6.28. The van der Waals surface area contributed by atoms with Gasteiger partial charge in [0.2, 0.25) is 0 Å². The minimum absolute atomic E-state index is 0.144. The van der Waals surface area contributed by atoms with E-state index >= 15 is 0 Å². The molecule has 0 radical (unpaired) electrons. The second-order valence-corrected chi connectivity index (χ2v) is 9.91. The van der Waals surface area contributed by atoms with Crippen molar-refractivity contribution in [2.24, 2.45) is 0 Å². The lowest BCUT2D eigenvalue weighted by Crippen LogP contribution is -2.11. The Balaban J connectivity index is 1.27. The van der Waals surface area contributed by atoms with Crippen LogP contribution in [0.3, 0.4) is 0 Å². The molecule has 4 aromatic carbocycles. The van der Waals surface area contributed by atoms with E-state index in [9.17, 15) is 0 Å². The van der Waals surface area contributed by atoms with Gasteiger partial charge in [0.05, 0.1) is 17.6 Å². The van der Waals surface area contributed by atoms with E-state index in [2.05, 4.69) is 86.0 Å². The van der Waals surface area contributed by atoms with E-state index < -0.39 is 0 Å². The van der Waals surface area contributed by atoms with Gasteiger partial charge in [-0.05, 0) is 53.1 Å². The van der Waals surface area contributed by atoms with Gasteiger partial charge in [0.15, 0.2) is 0 Å². The molecule has 0 amide bonds. The van der Waals surface area contributed by atoms with Gasteiger partial charge in [0.1, 0.15) is 23.9 Å². The lowest BCUT2D eigenvalue weighted by Gasteiger charge is -2.19. The van der Waals surface area contributed by atoms with E-state index in [0.717, 1.165) is 46.7 Å². The molecule has 4 heteroatoms. The Morgan fingerprint density at radius 2 is 1.51 bits per heavy atom. The van der Waals surface area contributed by atoms with Crippen LogP contribution in [0.25, 0.3) is 21.8 Å². The molecule has 0 saturated carbocycles. The highest BCUT2D eigenvalue weighted by molar-refractivity contribution is 5.88. The average molecular weight is 465 g/mol. The van der Waals surface area contributed by atoms with Gasteiger partial charge in [-0.2, -0.15) is 0 Å². The zero-order valence-corrected chi connectivity index (χ0v) is 20.7. The van der Waals surface area contributed by atoms with Crippen molar-refractivity contribution in [2.75, 3.05) is 6.61 Å². The first-order valence-electron chi connectivity index (χ1n) is 12.3. The van der Waals surface area contributed by atoms with Gasteiger partial charge in [0.25, 0.3) is 0 Å². The number of ether oxygens (including phenoxy) is 2. The maximum Gasteiger partial charge on any atom is 0.148 e. The molecule has 4 nitrogen and oxygen atoms in total. The van der Waals surface area contributed by atoms with Gasteiger partial charge < -0.3 is 14.0 Å².